The summed E-state index contributed by atoms with van der Waals surface area (Å²) < 4.78 is 5.39. The zero-order chi connectivity index (χ0) is 17.5. The van der Waals surface area contributed by atoms with E-state index in [0.29, 0.717) is 6.54 Å². The van der Waals surface area contributed by atoms with Crippen molar-refractivity contribution in [3.63, 3.8) is 0 Å². The van der Waals surface area contributed by atoms with Crippen LogP contribution in [0.5, 0.6) is 0 Å². The maximum absolute atomic E-state index is 12.1. The Morgan fingerprint density at radius 2 is 1.88 bits per heavy atom. The Labute approximate surface area is 149 Å². The summed E-state index contributed by atoms with van der Waals surface area (Å²) in [5.74, 6) is 0.00589. The van der Waals surface area contributed by atoms with Crippen molar-refractivity contribution in [1.29, 1.82) is 0 Å². The number of aryl methyl sites for hydroxylation is 2. The van der Waals surface area contributed by atoms with Crippen LogP contribution in [0.15, 0.2) is 48.5 Å². The van der Waals surface area contributed by atoms with Crippen LogP contribution in [0.2, 0.25) is 0 Å². The van der Waals surface area contributed by atoms with Gasteiger partial charge in [-0.05, 0) is 49.6 Å². The molecule has 0 spiro atoms. The number of amides is 1. The number of carbonyl (C=O) groups excluding carboxylic acids is 1. The van der Waals surface area contributed by atoms with Crippen LogP contribution in [0, 0.1) is 6.92 Å². The molecule has 1 fully saturated rings. The molecule has 0 unspecified atom stereocenters. The van der Waals surface area contributed by atoms with Gasteiger partial charge in [-0.3, -0.25) is 4.79 Å². The van der Waals surface area contributed by atoms with Crippen molar-refractivity contribution in [3.05, 3.63) is 65.2 Å². The van der Waals surface area contributed by atoms with Gasteiger partial charge in [0.2, 0.25) is 0 Å². The first-order valence-corrected chi connectivity index (χ1v) is 8.99. The third-order valence-corrected chi connectivity index (χ3v) is 4.52. The molecule has 132 valence electrons. The van der Waals surface area contributed by atoms with Crippen LogP contribution in [0.1, 0.15) is 27.9 Å². The smallest absolute Gasteiger partial charge is 0.251 e. The van der Waals surface area contributed by atoms with E-state index < -0.39 is 0 Å². The van der Waals surface area contributed by atoms with Crippen molar-refractivity contribution in [3.8, 4) is 0 Å². The van der Waals surface area contributed by atoms with Crippen molar-refractivity contribution in [2.24, 2.45) is 0 Å². The Bertz CT molecular complexity index is 691. The molecule has 1 aliphatic rings. The molecule has 4 nitrogen and oxygen atoms in total. The average molecular weight is 338 g/mol. The lowest BCUT2D eigenvalue weighted by atomic mass is 10.1. The van der Waals surface area contributed by atoms with E-state index in [1.54, 1.807) is 0 Å². The summed E-state index contributed by atoms with van der Waals surface area (Å²) in [7, 11) is 0. The predicted octanol–water partition coefficient (Wildman–Crippen LogP) is 3.19. The Balaban J connectivity index is 1.42. The van der Waals surface area contributed by atoms with Gasteiger partial charge in [0, 0.05) is 30.9 Å². The highest BCUT2D eigenvalue weighted by molar-refractivity contribution is 5.94. The first kappa shape index (κ1) is 17.5. The summed E-state index contributed by atoms with van der Waals surface area (Å²) in [5.41, 5.74) is 4.41. The van der Waals surface area contributed by atoms with Crippen LogP contribution in [0.3, 0.4) is 0 Å². The SMILES string of the molecule is Cc1cccc(C(=O)NCCCc2ccc(N3CCOCC3)cc2)c1. The molecule has 3 rings (SSSR count). The van der Waals surface area contributed by atoms with E-state index >= 15 is 0 Å². The summed E-state index contributed by atoms with van der Waals surface area (Å²) in [4.78, 5) is 14.5. The first-order chi connectivity index (χ1) is 12.2. The van der Waals surface area contributed by atoms with E-state index in [1.807, 2.05) is 31.2 Å². The Morgan fingerprint density at radius 1 is 1.12 bits per heavy atom. The van der Waals surface area contributed by atoms with Gasteiger partial charge in [-0.1, -0.05) is 29.8 Å². The van der Waals surface area contributed by atoms with Gasteiger partial charge in [0.1, 0.15) is 0 Å². The van der Waals surface area contributed by atoms with Gasteiger partial charge in [-0.2, -0.15) is 0 Å². The summed E-state index contributed by atoms with van der Waals surface area (Å²) in [5, 5.41) is 3.00. The molecule has 1 saturated heterocycles. The molecule has 2 aromatic carbocycles. The molecule has 1 aliphatic heterocycles. The lowest BCUT2D eigenvalue weighted by Gasteiger charge is -2.28. The standard InChI is InChI=1S/C21H26N2O2/c1-17-4-2-6-19(16-17)21(24)22-11-3-5-18-7-9-20(10-8-18)23-12-14-25-15-13-23/h2,4,6-10,16H,3,5,11-15H2,1H3,(H,22,24). The minimum absolute atomic E-state index is 0.00589. The minimum atomic E-state index is 0.00589. The number of benzene rings is 2. The maximum Gasteiger partial charge on any atom is 0.251 e. The number of carbonyl (C=O) groups is 1. The molecule has 2 aromatic rings. The Kier molecular flexibility index (Phi) is 6.07. The molecule has 0 atom stereocenters. The predicted molar refractivity (Wildman–Crippen MR) is 101 cm³/mol. The summed E-state index contributed by atoms with van der Waals surface area (Å²) in [6, 6.07) is 16.4. The van der Waals surface area contributed by atoms with E-state index in [2.05, 4.69) is 34.5 Å². The van der Waals surface area contributed by atoms with Gasteiger partial charge < -0.3 is 15.0 Å². The lowest BCUT2D eigenvalue weighted by molar-refractivity contribution is 0.0953. The Hall–Kier alpha value is -2.33. The van der Waals surface area contributed by atoms with Crippen LogP contribution < -0.4 is 10.2 Å². The summed E-state index contributed by atoms with van der Waals surface area (Å²) in [6.45, 7) is 6.23. The molecule has 4 heteroatoms. The minimum Gasteiger partial charge on any atom is -0.378 e. The van der Waals surface area contributed by atoms with E-state index in [1.165, 1.54) is 11.3 Å². The molecular weight excluding hydrogens is 312 g/mol. The number of morpholine rings is 1. The molecule has 1 amide bonds. The topological polar surface area (TPSA) is 41.6 Å². The first-order valence-electron chi connectivity index (χ1n) is 8.99. The molecule has 0 bridgehead atoms. The molecule has 0 saturated carbocycles. The van der Waals surface area contributed by atoms with Crippen molar-refractivity contribution >= 4 is 11.6 Å². The van der Waals surface area contributed by atoms with Crippen LogP contribution in [-0.2, 0) is 11.2 Å². The number of anilines is 1. The van der Waals surface area contributed by atoms with E-state index in [9.17, 15) is 4.79 Å². The largest absolute Gasteiger partial charge is 0.378 e. The van der Waals surface area contributed by atoms with Gasteiger partial charge in [0.25, 0.3) is 5.91 Å². The molecule has 0 radical (unpaired) electrons. The second-order valence-electron chi connectivity index (χ2n) is 6.49. The van der Waals surface area contributed by atoms with Gasteiger partial charge in [-0.25, -0.2) is 0 Å². The molecule has 0 aromatic heterocycles. The molecular formula is C21H26N2O2. The number of hydrogen-bond donors (Lipinski definition) is 1. The third-order valence-electron chi connectivity index (χ3n) is 4.52. The van der Waals surface area contributed by atoms with E-state index in [4.69, 9.17) is 4.74 Å². The monoisotopic (exact) mass is 338 g/mol. The second kappa shape index (κ2) is 8.67. The van der Waals surface area contributed by atoms with Crippen molar-refractivity contribution in [1.82, 2.24) is 5.32 Å². The van der Waals surface area contributed by atoms with Gasteiger partial charge >= 0.3 is 0 Å². The zero-order valence-electron chi connectivity index (χ0n) is 14.8. The summed E-state index contributed by atoms with van der Waals surface area (Å²) in [6.07, 6.45) is 1.91. The summed E-state index contributed by atoms with van der Waals surface area (Å²) >= 11 is 0. The number of rotatable bonds is 6. The van der Waals surface area contributed by atoms with Crippen molar-refractivity contribution in [2.75, 3.05) is 37.7 Å². The highest BCUT2D eigenvalue weighted by atomic mass is 16.5. The number of nitrogens with one attached hydrogen (secondary N) is 1. The van der Waals surface area contributed by atoms with Gasteiger partial charge in [0.05, 0.1) is 13.2 Å². The molecule has 25 heavy (non-hydrogen) atoms. The van der Waals surface area contributed by atoms with E-state index in [0.717, 1.165) is 50.3 Å². The van der Waals surface area contributed by atoms with Crippen LogP contribution >= 0.6 is 0 Å². The van der Waals surface area contributed by atoms with Crippen molar-refractivity contribution < 1.29 is 9.53 Å². The fraction of sp³-hybridized carbons (Fsp3) is 0.381. The number of ether oxygens (including phenoxy) is 1. The molecule has 0 aliphatic carbocycles. The van der Waals surface area contributed by atoms with Crippen LogP contribution in [0.25, 0.3) is 0 Å². The van der Waals surface area contributed by atoms with Crippen molar-refractivity contribution in [2.45, 2.75) is 19.8 Å². The molecule has 1 heterocycles. The molecule has 1 N–H and O–H groups in total. The number of nitrogens with zero attached hydrogens (tertiary/aromatic N) is 1. The normalized spacial score (nSPS) is 14.4. The third kappa shape index (κ3) is 5.07. The van der Waals surface area contributed by atoms with E-state index in [-0.39, 0.29) is 5.91 Å². The van der Waals surface area contributed by atoms with Crippen LogP contribution in [-0.4, -0.2) is 38.8 Å². The van der Waals surface area contributed by atoms with Gasteiger partial charge in [-0.15, -0.1) is 0 Å². The second-order valence-corrected chi connectivity index (χ2v) is 6.49. The van der Waals surface area contributed by atoms with Crippen LogP contribution in [0.4, 0.5) is 5.69 Å². The quantitative estimate of drug-likeness (QED) is 0.823. The average Bonchev–Trinajstić information content (AvgIpc) is 2.66. The number of hydrogen-bond acceptors (Lipinski definition) is 3. The highest BCUT2D eigenvalue weighted by Gasteiger charge is 2.10. The zero-order valence-corrected chi connectivity index (χ0v) is 14.8. The fourth-order valence-corrected chi connectivity index (χ4v) is 3.08. The maximum atomic E-state index is 12.1. The lowest BCUT2D eigenvalue weighted by Crippen LogP contribution is -2.36. The fourth-order valence-electron chi connectivity index (χ4n) is 3.08. The highest BCUT2D eigenvalue weighted by Crippen LogP contribution is 2.17. The van der Waals surface area contributed by atoms with Gasteiger partial charge in [0.15, 0.2) is 0 Å². The Morgan fingerprint density at radius 3 is 2.60 bits per heavy atom.